The first-order valence-electron chi connectivity index (χ1n) is 3.92. The van der Waals surface area contributed by atoms with Crippen LogP contribution in [0.4, 0.5) is 0 Å². The Labute approximate surface area is 72.0 Å². The van der Waals surface area contributed by atoms with Gasteiger partial charge >= 0.3 is 0 Å². The van der Waals surface area contributed by atoms with E-state index in [1.807, 2.05) is 6.07 Å². The number of ether oxygens (including phenoxy) is 1. The Morgan fingerprint density at radius 2 is 2.33 bits per heavy atom. The van der Waals surface area contributed by atoms with Gasteiger partial charge in [0.2, 0.25) is 5.88 Å². The highest BCUT2D eigenvalue weighted by Gasteiger charge is 1.96. The van der Waals surface area contributed by atoms with E-state index < -0.39 is 0 Å². The van der Waals surface area contributed by atoms with E-state index in [2.05, 4.69) is 22.2 Å². The highest BCUT2D eigenvalue weighted by Crippen LogP contribution is 2.04. The molecule has 1 rings (SSSR count). The van der Waals surface area contributed by atoms with Crippen molar-refractivity contribution in [1.29, 1.82) is 0 Å². The van der Waals surface area contributed by atoms with Gasteiger partial charge in [-0.25, -0.2) is 9.97 Å². The Bertz CT molecular complexity index is 239. The van der Waals surface area contributed by atoms with Gasteiger partial charge in [0.05, 0.1) is 12.8 Å². The van der Waals surface area contributed by atoms with Gasteiger partial charge in [0, 0.05) is 12.6 Å². The van der Waals surface area contributed by atoms with Crippen molar-refractivity contribution in [3.63, 3.8) is 0 Å². The monoisotopic (exact) mass is 167 g/mol. The van der Waals surface area contributed by atoms with E-state index in [0.29, 0.717) is 5.88 Å². The molecule has 1 aromatic rings. The normalized spacial score (nSPS) is 9.83. The van der Waals surface area contributed by atoms with Crippen LogP contribution >= 0.6 is 0 Å². The largest absolute Gasteiger partial charge is 0.481 e. The molecule has 0 bridgehead atoms. The molecule has 0 fully saturated rings. The number of methoxy groups -OCH3 is 1. The van der Waals surface area contributed by atoms with Gasteiger partial charge in [0.15, 0.2) is 0 Å². The van der Waals surface area contributed by atoms with Gasteiger partial charge in [-0.2, -0.15) is 0 Å². The summed E-state index contributed by atoms with van der Waals surface area (Å²) in [7, 11) is 1.60. The van der Waals surface area contributed by atoms with Gasteiger partial charge in [0.25, 0.3) is 0 Å². The van der Waals surface area contributed by atoms with Gasteiger partial charge in [-0.15, -0.1) is 0 Å². The Morgan fingerprint density at radius 1 is 1.50 bits per heavy atom. The molecular formula is C8H13N3O. The molecular weight excluding hydrogens is 154 g/mol. The molecule has 0 unspecified atom stereocenters. The van der Waals surface area contributed by atoms with E-state index in [1.54, 1.807) is 7.11 Å². The molecule has 0 saturated carbocycles. The third-order valence-electron chi connectivity index (χ3n) is 1.46. The van der Waals surface area contributed by atoms with Gasteiger partial charge in [-0.05, 0) is 6.54 Å². The van der Waals surface area contributed by atoms with Crippen LogP contribution in [0.25, 0.3) is 0 Å². The fourth-order valence-electron chi connectivity index (χ4n) is 0.838. The average Bonchev–Trinajstić information content (AvgIpc) is 2.15. The van der Waals surface area contributed by atoms with Crippen molar-refractivity contribution in [2.75, 3.05) is 13.7 Å². The van der Waals surface area contributed by atoms with E-state index in [1.165, 1.54) is 6.33 Å². The van der Waals surface area contributed by atoms with Crippen molar-refractivity contribution in [3.05, 3.63) is 18.1 Å². The smallest absolute Gasteiger partial charge is 0.216 e. The number of hydrogen-bond donors (Lipinski definition) is 1. The van der Waals surface area contributed by atoms with E-state index in [9.17, 15) is 0 Å². The molecule has 1 N–H and O–H groups in total. The predicted molar refractivity (Wildman–Crippen MR) is 46.0 cm³/mol. The first-order chi connectivity index (χ1) is 5.86. The first kappa shape index (κ1) is 8.93. The van der Waals surface area contributed by atoms with Crippen molar-refractivity contribution in [1.82, 2.24) is 15.3 Å². The molecule has 0 radical (unpaired) electrons. The van der Waals surface area contributed by atoms with E-state index >= 15 is 0 Å². The van der Waals surface area contributed by atoms with E-state index in [-0.39, 0.29) is 0 Å². The van der Waals surface area contributed by atoms with Crippen molar-refractivity contribution in [3.8, 4) is 5.88 Å². The van der Waals surface area contributed by atoms with Crippen LogP contribution in [0.2, 0.25) is 0 Å². The number of rotatable bonds is 4. The third kappa shape index (κ3) is 2.47. The van der Waals surface area contributed by atoms with Crippen molar-refractivity contribution >= 4 is 0 Å². The summed E-state index contributed by atoms with van der Waals surface area (Å²) in [6.07, 6.45) is 1.51. The van der Waals surface area contributed by atoms with Gasteiger partial charge in [-0.1, -0.05) is 6.92 Å². The van der Waals surface area contributed by atoms with Crippen molar-refractivity contribution < 1.29 is 4.74 Å². The molecule has 4 heteroatoms. The predicted octanol–water partition coefficient (Wildman–Crippen LogP) is 0.595. The molecule has 66 valence electrons. The number of nitrogens with zero attached hydrogens (tertiary/aromatic N) is 2. The van der Waals surface area contributed by atoms with Crippen LogP contribution in [0, 0.1) is 0 Å². The summed E-state index contributed by atoms with van der Waals surface area (Å²) in [6.45, 7) is 3.75. The molecule has 0 saturated heterocycles. The van der Waals surface area contributed by atoms with E-state index in [0.717, 1.165) is 18.8 Å². The zero-order chi connectivity index (χ0) is 8.81. The molecule has 12 heavy (non-hydrogen) atoms. The Hall–Kier alpha value is -1.16. The lowest BCUT2D eigenvalue weighted by atomic mass is 10.4. The Kier molecular flexibility index (Phi) is 3.47. The van der Waals surface area contributed by atoms with Crippen LogP contribution in [0.15, 0.2) is 12.4 Å². The maximum Gasteiger partial charge on any atom is 0.216 e. The molecule has 0 spiro atoms. The molecule has 1 heterocycles. The molecule has 0 aliphatic rings. The standard InChI is InChI=1S/C8H13N3O/c1-3-9-5-7-4-8(12-2)11-6-10-7/h4,6,9H,3,5H2,1-2H3. The summed E-state index contributed by atoms with van der Waals surface area (Å²) in [6, 6.07) is 1.82. The summed E-state index contributed by atoms with van der Waals surface area (Å²) in [4.78, 5) is 7.98. The molecule has 0 atom stereocenters. The van der Waals surface area contributed by atoms with Crippen LogP contribution in [0.1, 0.15) is 12.6 Å². The van der Waals surface area contributed by atoms with Crippen molar-refractivity contribution in [2.45, 2.75) is 13.5 Å². The summed E-state index contributed by atoms with van der Waals surface area (Å²) in [5.41, 5.74) is 0.948. The lowest BCUT2D eigenvalue weighted by Gasteiger charge is -2.02. The number of aromatic nitrogens is 2. The molecule has 4 nitrogen and oxygen atoms in total. The van der Waals surface area contributed by atoms with Crippen LogP contribution < -0.4 is 10.1 Å². The molecule has 0 aliphatic heterocycles. The lowest BCUT2D eigenvalue weighted by molar-refractivity contribution is 0.395. The highest BCUT2D eigenvalue weighted by atomic mass is 16.5. The SMILES string of the molecule is CCNCc1cc(OC)ncn1. The minimum atomic E-state index is 0.609. The highest BCUT2D eigenvalue weighted by molar-refractivity contribution is 5.12. The van der Waals surface area contributed by atoms with Gasteiger partial charge < -0.3 is 10.1 Å². The maximum atomic E-state index is 4.96. The zero-order valence-electron chi connectivity index (χ0n) is 7.37. The number of hydrogen-bond acceptors (Lipinski definition) is 4. The second-order valence-corrected chi connectivity index (χ2v) is 2.33. The van der Waals surface area contributed by atoms with Gasteiger partial charge in [-0.3, -0.25) is 0 Å². The van der Waals surface area contributed by atoms with Crippen LogP contribution in [-0.2, 0) is 6.54 Å². The minimum Gasteiger partial charge on any atom is -0.481 e. The quantitative estimate of drug-likeness (QED) is 0.713. The van der Waals surface area contributed by atoms with Gasteiger partial charge in [0.1, 0.15) is 6.33 Å². The van der Waals surface area contributed by atoms with Crippen LogP contribution in [0.3, 0.4) is 0 Å². The summed E-state index contributed by atoms with van der Waals surface area (Å²) < 4.78 is 4.96. The van der Waals surface area contributed by atoms with E-state index in [4.69, 9.17) is 4.74 Å². The van der Waals surface area contributed by atoms with Crippen molar-refractivity contribution in [2.24, 2.45) is 0 Å². The molecule has 0 aromatic carbocycles. The lowest BCUT2D eigenvalue weighted by Crippen LogP contribution is -2.13. The minimum absolute atomic E-state index is 0.609. The Balaban J connectivity index is 2.60. The fourth-order valence-corrected chi connectivity index (χ4v) is 0.838. The fraction of sp³-hybridized carbons (Fsp3) is 0.500. The first-order valence-corrected chi connectivity index (χ1v) is 3.92. The average molecular weight is 167 g/mol. The summed E-state index contributed by atoms with van der Waals surface area (Å²) in [5, 5.41) is 3.17. The maximum absolute atomic E-state index is 4.96. The Morgan fingerprint density at radius 3 is 3.00 bits per heavy atom. The van der Waals surface area contributed by atoms with Crippen LogP contribution in [-0.4, -0.2) is 23.6 Å². The summed E-state index contributed by atoms with van der Waals surface area (Å²) in [5.74, 6) is 0.609. The topological polar surface area (TPSA) is 47.0 Å². The second kappa shape index (κ2) is 4.66. The number of nitrogens with one attached hydrogen (secondary N) is 1. The summed E-state index contributed by atoms with van der Waals surface area (Å²) >= 11 is 0. The second-order valence-electron chi connectivity index (χ2n) is 2.33. The zero-order valence-corrected chi connectivity index (χ0v) is 7.37. The third-order valence-corrected chi connectivity index (χ3v) is 1.46. The van der Waals surface area contributed by atoms with Crippen LogP contribution in [0.5, 0.6) is 5.88 Å². The molecule has 1 aromatic heterocycles. The molecule has 0 aliphatic carbocycles. The molecule has 0 amide bonds.